The first-order valence-corrected chi connectivity index (χ1v) is 1.01. The Morgan fingerprint density at radius 2 is 2.60 bits per heavy atom. The molecule has 0 atom stereocenters. The summed E-state index contributed by atoms with van der Waals surface area (Å²) >= 11 is 0. The van der Waals surface area contributed by atoms with Crippen LogP contribution in [0.3, 0.4) is 0 Å². The summed E-state index contributed by atoms with van der Waals surface area (Å²) in [7, 11) is 0. The molecule has 0 saturated heterocycles. The smallest absolute Gasteiger partial charge is 0.264 e. The summed E-state index contributed by atoms with van der Waals surface area (Å²) < 4.78 is 0. The van der Waals surface area contributed by atoms with Crippen LogP contribution in [-0.4, -0.2) is 6.40 Å². The minimum atomic E-state index is 1.04. The summed E-state index contributed by atoms with van der Waals surface area (Å²) in [6.45, 7) is 0. The van der Waals surface area contributed by atoms with Gasteiger partial charge in [0.2, 0.25) is 0 Å². The van der Waals surface area contributed by atoms with Gasteiger partial charge in [0.1, 0.15) is 0 Å². The molecule has 0 aromatic rings. The Balaban J connectivity index is 2.32. The molecule has 0 fully saturated rings. The topological polar surface area (TPSA) is 40.0 Å². The number of rotatable bonds is 0. The zero-order valence-electron chi connectivity index (χ0n) is 2.25. The Kier molecular flexibility index (Phi) is 0.443. The number of hydrogen-bond acceptors (Lipinski definition) is 4. The predicted molar refractivity (Wildman–Crippen MR) is 11.7 cm³/mol. The van der Waals surface area contributed by atoms with Crippen LogP contribution in [0.1, 0.15) is 0 Å². The summed E-state index contributed by atoms with van der Waals surface area (Å²) in [4.78, 5) is 7.72. The molecule has 1 heterocycles. The van der Waals surface area contributed by atoms with Crippen LogP contribution in [0.25, 0.3) is 0 Å². The average Bonchev–Trinajstić information content (AvgIpc) is 1.76. The van der Waals surface area contributed by atoms with Crippen LogP contribution in [0, 0.1) is 0 Å². The first-order valence-electron chi connectivity index (χ1n) is 1.01. The molecule has 0 bridgehead atoms. The van der Waals surface area contributed by atoms with Gasteiger partial charge < -0.3 is 0 Å². The fraction of sp³-hybridized carbons (Fsp3) is 0. The Morgan fingerprint density at radius 3 is 2.80 bits per heavy atom. The molecule has 0 aromatic carbocycles. The quantitative estimate of drug-likeness (QED) is 0.375. The minimum Gasteiger partial charge on any atom is -0.282 e. The number of hydrogen-bond donors (Lipinski definition) is 0. The Labute approximate surface area is 27.8 Å². The van der Waals surface area contributed by atoms with Crippen LogP contribution >= 0.6 is 0 Å². The van der Waals surface area contributed by atoms with Gasteiger partial charge in [0.25, 0.3) is 6.40 Å². The summed E-state index contributed by atoms with van der Waals surface area (Å²) in [6, 6.07) is 0. The molecule has 0 unspecified atom stereocenters. The first kappa shape index (κ1) is 2.47. The average molecular weight is 75.0 g/mol. The second-order valence-corrected chi connectivity index (χ2v) is 0.450. The van der Waals surface area contributed by atoms with E-state index < -0.39 is 0 Å². The van der Waals surface area contributed by atoms with E-state index in [0.29, 0.717) is 0 Å². The van der Waals surface area contributed by atoms with Crippen LogP contribution in [0.15, 0.2) is 5.16 Å². The summed E-state index contributed by atoms with van der Waals surface area (Å²) in [5.41, 5.74) is 0. The summed E-state index contributed by atoms with van der Waals surface area (Å²) in [5.74, 6) is 0. The molecular formula is CHNO3. The lowest BCUT2D eigenvalue weighted by Crippen LogP contribution is -1.72. The van der Waals surface area contributed by atoms with Crippen molar-refractivity contribution >= 4 is 6.40 Å². The van der Waals surface area contributed by atoms with E-state index in [2.05, 4.69) is 20.1 Å². The maximum Gasteiger partial charge on any atom is 0.264 e. The molecule has 0 radical (unpaired) electrons. The fourth-order valence-corrected chi connectivity index (χ4v) is 0.0878. The standard InChI is InChI=1S/CHNO3/c1-2-4-5-3-1/h1H. The Bertz CT molecular complexity index is 44.9. The molecule has 5 heavy (non-hydrogen) atoms. The molecule has 4 heteroatoms. The lowest BCUT2D eigenvalue weighted by atomic mass is 11.6. The van der Waals surface area contributed by atoms with Crippen molar-refractivity contribution in [2.45, 2.75) is 0 Å². The summed E-state index contributed by atoms with van der Waals surface area (Å²) in [5, 5.41) is 6.74. The number of nitrogens with zero attached hydrogens (tertiary/aromatic N) is 1. The van der Waals surface area contributed by atoms with Gasteiger partial charge in [-0.15, -0.1) is 0 Å². The van der Waals surface area contributed by atoms with E-state index in [-0.39, 0.29) is 0 Å². The molecule has 0 amide bonds. The Hall–Kier alpha value is -0.770. The molecule has 28 valence electrons. The highest BCUT2D eigenvalue weighted by Gasteiger charge is 1.87. The van der Waals surface area contributed by atoms with Crippen molar-refractivity contribution in [1.29, 1.82) is 0 Å². The normalized spacial score (nSPS) is 17.6. The van der Waals surface area contributed by atoms with Crippen molar-refractivity contribution in [2.75, 3.05) is 0 Å². The zero-order chi connectivity index (χ0) is 3.54. The van der Waals surface area contributed by atoms with E-state index in [1.165, 1.54) is 0 Å². The predicted octanol–water partition coefficient (Wildman–Crippen LogP) is -0.177. The molecule has 1 aliphatic heterocycles. The van der Waals surface area contributed by atoms with Gasteiger partial charge in [-0.1, -0.05) is 0 Å². The van der Waals surface area contributed by atoms with Crippen molar-refractivity contribution < 1.29 is 14.9 Å². The van der Waals surface area contributed by atoms with Crippen molar-refractivity contribution in [1.82, 2.24) is 0 Å². The van der Waals surface area contributed by atoms with Crippen LogP contribution in [0.4, 0.5) is 0 Å². The molecule has 0 N–H and O–H groups in total. The van der Waals surface area contributed by atoms with Gasteiger partial charge in [0, 0.05) is 0 Å². The zero-order valence-corrected chi connectivity index (χ0v) is 2.25. The van der Waals surface area contributed by atoms with Gasteiger partial charge in [-0.2, -0.15) is 4.99 Å². The van der Waals surface area contributed by atoms with Crippen LogP contribution in [0.5, 0.6) is 0 Å². The second-order valence-electron chi connectivity index (χ2n) is 0.450. The van der Waals surface area contributed by atoms with E-state index >= 15 is 0 Å². The second kappa shape index (κ2) is 0.898. The van der Waals surface area contributed by atoms with Crippen molar-refractivity contribution in [3.05, 3.63) is 0 Å². The lowest BCUT2D eigenvalue weighted by Gasteiger charge is -1.73. The third-order valence-corrected chi connectivity index (χ3v) is 0.199. The fourth-order valence-electron chi connectivity index (χ4n) is 0.0878. The van der Waals surface area contributed by atoms with E-state index in [1.54, 1.807) is 0 Å². The first-order chi connectivity index (χ1) is 2.50. The monoisotopic (exact) mass is 75.0 g/mol. The number of oxime groups is 1. The van der Waals surface area contributed by atoms with Crippen LogP contribution in [-0.2, 0) is 14.9 Å². The maximum atomic E-state index is 3.93. The van der Waals surface area contributed by atoms with Gasteiger partial charge in [-0.05, 0) is 5.16 Å². The molecule has 1 aliphatic rings. The van der Waals surface area contributed by atoms with Gasteiger partial charge >= 0.3 is 0 Å². The highest BCUT2D eigenvalue weighted by atomic mass is 17.6. The van der Waals surface area contributed by atoms with Crippen molar-refractivity contribution in [2.24, 2.45) is 5.16 Å². The van der Waals surface area contributed by atoms with Crippen LogP contribution < -0.4 is 0 Å². The molecule has 0 aromatic heterocycles. The van der Waals surface area contributed by atoms with Gasteiger partial charge in [0.15, 0.2) is 0 Å². The van der Waals surface area contributed by atoms with Crippen molar-refractivity contribution in [3.63, 3.8) is 0 Å². The molecule has 0 saturated carbocycles. The molecule has 4 nitrogen and oxygen atoms in total. The van der Waals surface area contributed by atoms with Crippen molar-refractivity contribution in [3.8, 4) is 0 Å². The highest BCUT2D eigenvalue weighted by molar-refractivity contribution is 5.44. The van der Waals surface area contributed by atoms with E-state index in [1.807, 2.05) is 0 Å². The third kappa shape index (κ3) is 0.273. The van der Waals surface area contributed by atoms with E-state index in [9.17, 15) is 0 Å². The summed E-state index contributed by atoms with van der Waals surface area (Å²) in [6.07, 6.45) is 1.04. The third-order valence-electron chi connectivity index (χ3n) is 0.199. The highest BCUT2D eigenvalue weighted by Crippen LogP contribution is 1.84. The SMILES string of the molecule is C1=NOOO1. The Morgan fingerprint density at radius 1 is 1.60 bits per heavy atom. The maximum absolute atomic E-state index is 3.93. The van der Waals surface area contributed by atoms with Gasteiger partial charge in [0.05, 0.1) is 5.04 Å². The molecule has 0 aliphatic carbocycles. The van der Waals surface area contributed by atoms with Crippen LogP contribution in [0.2, 0.25) is 0 Å². The van der Waals surface area contributed by atoms with Gasteiger partial charge in [-0.25, -0.2) is 0 Å². The molecule has 0 spiro atoms. The van der Waals surface area contributed by atoms with E-state index in [4.69, 9.17) is 0 Å². The minimum absolute atomic E-state index is 1.04. The molecule has 1 rings (SSSR count). The largest absolute Gasteiger partial charge is 0.282 e. The van der Waals surface area contributed by atoms with E-state index in [0.717, 1.165) is 6.40 Å². The van der Waals surface area contributed by atoms with Gasteiger partial charge in [-0.3, -0.25) is 4.89 Å². The lowest BCUT2D eigenvalue weighted by molar-refractivity contribution is -0.450. The molecular weight excluding hydrogens is 74.0 g/mol.